The Morgan fingerprint density at radius 1 is 1.00 bits per heavy atom. The third-order valence-electron chi connectivity index (χ3n) is 5.07. The van der Waals surface area contributed by atoms with E-state index in [9.17, 15) is 0 Å². The van der Waals surface area contributed by atoms with Crippen LogP contribution in [0.25, 0.3) is 11.1 Å². The van der Waals surface area contributed by atoms with Crippen molar-refractivity contribution in [3.63, 3.8) is 0 Å². The van der Waals surface area contributed by atoms with Gasteiger partial charge >= 0.3 is 0 Å². The minimum Gasteiger partial charge on any atom is -0.192 e. The number of nitriles is 1. The molecular formula is C22H23N. The fourth-order valence-electron chi connectivity index (χ4n) is 3.79. The summed E-state index contributed by atoms with van der Waals surface area (Å²) in [6.07, 6.45) is 8.37. The number of rotatable bonds is 4. The van der Waals surface area contributed by atoms with Crippen LogP contribution in [-0.2, 0) is 0 Å². The number of hydrogen-bond donors (Lipinski definition) is 0. The summed E-state index contributed by atoms with van der Waals surface area (Å²) in [5.41, 5.74) is 4.72. The highest BCUT2D eigenvalue weighted by atomic mass is 14.3. The second-order valence-electron chi connectivity index (χ2n) is 6.52. The van der Waals surface area contributed by atoms with Crippen LogP contribution in [0.15, 0.2) is 61.2 Å². The van der Waals surface area contributed by atoms with Crippen molar-refractivity contribution < 1.29 is 0 Å². The molecule has 3 rings (SSSR count). The summed E-state index contributed by atoms with van der Waals surface area (Å²) in [7, 11) is 0. The molecule has 0 heterocycles. The highest BCUT2D eigenvalue weighted by Crippen LogP contribution is 2.40. The maximum absolute atomic E-state index is 8.97. The molecule has 0 unspecified atom stereocenters. The summed E-state index contributed by atoms with van der Waals surface area (Å²) < 4.78 is 0. The molecule has 1 nitrogen and oxygen atoms in total. The van der Waals surface area contributed by atoms with Gasteiger partial charge in [-0.3, -0.25) is 0 Å². The molecule has 0 aromatic heterocycles. The summed E-state index contributed by atoms with van der Waals surface area (Å²) in [5, 5.41) is 8.97. The van der Waals surface area contributed by atoms with E-state index in [-0.39, 0.29) is 0 Å². The standard InChI is InChI=1S/C22H23N/c1-2-5-17-8-12-19(13-9-17)21-6-3-4-7-22(21)20-14-10-18(16-23)11-15-20/h2-4,6-7,10-11,14-15,17,19H,1,5,8-9,12-13H2/t17-,19-. The van der Waals surface area contributed by atoms with Gasteiger partial charge in [-0.15, -0.1) is 6.58 Å². The van der Waals surface area contributed by atoms with Gasteiger partial charge in [0.25, 0.3) is 0 Å². The minimum atomic E-state index is 0.655. The van der Waals surface area contributed by atoms with Gasteiger partial charge < -0.3 is 0 Å². The van der Waals surface area contributed by atoms with Gasteiger partial charge in [-0.1, -0.05) is 42.5 Å². The first-order valence-corrected chi connectivity index (χ1v) is 8.52. The van der Waals surface area contributed by atoms with E-state index in [4.69, 9.17) is 5.26 Å². The first kappa shape index (κ1) is 15.6. The molecule has 116 valence electrons. The predicted octanol–water partition coefficient (Wildman–Crippen LogP) is 6.08. The summed E-state index contributed by atoms with van der Waals surface area (Å²) in [5.74, 6) is 1.48. The van der Waals surface area contributed by atoms with Crippen LogP contribution >= 0.6 is 0 Å². The van der Waals surface area contributed by atoms with Crippen LogP contribution in [0, 0.1) is 17.2 Å². The lowest BCUT2D eigenvalue weighted by molar-refractivity contribution is 0.329. The molecule has 1 aliphatic carbocycles. The Kier molecular flexibility index (Phi) is 4.93. The van der Waals surface area contributed by atoms with Gasteiger partial charge in [-0.2, -0.15) is 5.26 Å². The van der Waals surface area contributed by atoms with Crippen molar-refractivity contribution in [3.05, 3.63) is 72.3 Å². The molecule has 0 atom stereocenters. The van der Waals surface area contributed by atoms with E-state index in [0.717, 1.165) is 17.9 Å². The quantitative estimate of drug-likeness (QED) is 0.628. The summed E-state index contributed by atoms with van der Waals surface area (Å²) >= 11 is 0. The smallest absolute Gasteiger partial charge is 0.0991 e. The molecule has 0 saturated heterocycles. The van der Waals surface area contributed by atoms with E-state index in [2.05, 4.69) is 55.1 Å². The van der Waals surface area contributed by atoms with Crippen molar-refractivity contribution in [3.8, 4) is 17.2 Å². The van der Waals surface area contributed by atoms with E-state index < -0.39 is 0 Å². The minimum absolute atomic E-state index is 0.655. The van der Waals surface area contributed by atoms with Gasteiger partial charge in [0, 0.05) is 0 Å². The van der Waals surface area contributed by atoms with E-state index in [0.29, 0.717) is 5.92 Å². The Morgan fingerprint density at radius 3 is 2.35 bits per heavy atom. The van der Waals surface area contributed by atoms with Crippen LogP contribution in [-0.4, -0.2) is 0 Å². The van der Waals surface area contributed by atoms with Crippen LogP contribution in [0.1, 0.15) is 49.1 Å². The van der Waals surface area contributed by atoms with Crippen molar-refractivity contribution in [2.45, 2.75) is 38.0 Å². The Balaban J connectivity index is 1.84. The van der Waals surface area contributed by atoms with Crippen molar-refractivity contribution in [2.75, 3.05) is 0 Å². The first-order chi connectivity index (χ1) is 11.3. The maximum atomic E-state index is 8.97. The second kappa shape index (κ2) is 7.29. The SMILES string of the molecule is C=CC[C@H]1CC[C@H](c2ccccc2-c2ccc(C#N)cc2)CC1. The third kappa shape index (κ3) is 3.54. The number of hydrogen-bond acceptors (Lipinski definition) is 1. The van der Waals surface area contributed by atoms with Crippen LogP contribution in [0.4, 0.5) is 0 Å². The van der Waals surface area contributed by atoms with Gasteiger partial charge in [0.05, 0.1) is 11.6 Å². The monoisotopic (exact) mass is 301 g/mol. The van der Waals surface area contributed by atoms with Gasteiger partial charge in [-0.25, -0.2) is 0 Å². The third-order valence-corrected chi connectivity index (χ3v) is 5.07. The van der Waals surface area contributed by atoms with Crippen molar-refractivity contribution in [2.24, 2.45) is 5.92 Å². The van der Waals surface area contributed by atoms with E-state index in [1.807, 2.05) is 12.1 Å². The molecule has 0 spiro atoms. The molecule has 1 saturated carbocycles. The average molecular weight is 301 g/mol. The second-order valence-corrected chi connectivity index (χ2v) is 6.52. The van der Waals surface area contributed by atoms with Crippen LogP contribution in [0.2, 0.25) is 0 Å². The van der Waals surface area contributed by atoms with Gasteiger partial charge in [0.2, 0.25) is 0 Å². The molecule has 0 bridgehead atoms. The largest absolute Gasteiger partial charge is 0.192 e. The molecule has 0 N–H and O–H groups in total. The Labute approximate surface area is 139 Å². The van der Waals surface area contributed by atoms with Crippen LogP contribution < -0.4 is 0 Å². The molecule has 2 aromatic carbocycles. The zero-order chi connectivity index (χ0) is 16.1. The molecule has 0 aliphatic heterocycles. The number of benzene rings is 2. The highest BCUT2D eigenvalue weighted by Gasteiger charge is 2.23. The van der Waals surface area contributed by atoms with Gasteiger partial charge in [0.15, 0.2) is 0 Å². The first-order valence-electron chi connectivity index (χ1n) is 8.52. The van der Waals surface area contributed by atoms with Crippen molar-refractivity contribution in [1.29, 1.82) is 5.26 Å². The van der Waals surface area contributed by atoms with Crippen molar-refractivity contribution in [1.82, 2.24) is 0 Å². The zero-order valence-corrected chi connectivity index (χ0v) is 13.5. The molecular weight excluding hydrogens is 278 g/mol. The number of nitrogens with zero attached hydrogens (tertiary/aromatic N) is 1. The Hall–Kier alpha value is -2.33. The lowest BCUT2D eigenvalue weighted by Crippen LogP contribution is -2.13. The predicted molar refractivity (Wildman–Crippen MR) is 96.1 cm³/mol. The molecule has 1 fully saturated rings. The van der Waals surface area contributed by atoms with E-state index in [1.165, 1.54) is 42.4 Å². The molecule has 0 radical (unpaired) electrons. The zero-order valence-electron chi connectivity index (χ0n) is 13.5. The van der Waals surface area contributed by atoms with E-state index in [1.54, 1.807) is 0 Å². The fourth-order valence-corrected chi connectivity index (χ4v) is 3.79. The summed E-state index contributed by atoms with van der Waals surface area (Å²) in [6.45, 7) is 3.88. The van der Waals surface area contributed by atoms with Crippen LogP contribution in [0.3, 0.4) is 0 Å². The fraction of sp³-hybridized carbons (Fsp3) is 0.318. The molecule has 1 heteroatoms. The molecule has 1 aliphatic rings. The normalized spacial score (nSPS) is 20.7. The van der Waals surface area contributed by atoms with Gasteiger partial charge in [0.1, 0.15) is 0 Å². The molecule has 23 heavy (non-hydrogen) atoms. The Morgan fingerprint density at radius 2 is 1.70 bits per heavy atom. The van der Waals surface area contributed by atoms with Gasteiger partial charge in [-0.05, 0) is 72.8 Å². The van der Waals surface area contributed by atoms with E-state index >= 15 is 0 Å². The summed E-state index contributed by atoms with van der Waals surface area (Å²) in [6, 6.07) is 18.9. The Bertz CT molecular complexity index is 697. The van der Waals surface area contributed by atoms with Crippen LogP contribution in [0.5, 0.6) is 0 Å². The topological polar surface area (TPSA) is 23.8 Å². The average Bonchev–Trinajstić information content (AvgIpc) is 2.63. The number of allylic oxidation sites excluding steroid dienone is 1. The molecule has 0 amide bonds. The van der Waals surface area contributed by atoms with Crippen molar-refractivity contribution >= 4 is 0 Å². The molecule has 2 aromatic rings. The lowest BCUT2D eigenvalue weighted by atomic mass is 9.76. The highest BCUT2D eigenvalue weighted by molar-refractivity contribution is 5.68. The summed E-state index contributed by atoms with van der Waals surface area (Å²) in [4.78, 5) is 0. The maximum Gasteiger partial charge on any atom is 0.0991 e. The lowest BCUT2D eigenvalue weighted by Gasteiger charge is -2.29.